The number of nitrogens with one attached hydrogen (secondary N) is 3. The van der Waals surface area contributed by atoms with E-state index in [1.807, 2.05) is 13.8 Å². The molecule has 0 atom stereocenters. The number of carbonyl (C=O) groups excluding carboxylic acids is 2. The third-order valence-corrected chi connectivity index (χ3v) is 3.57. The average molecular weight is 325 g/mol. The van der Waals surface area contributed by atoms with E-state index in [2.05, 4.69) is 35.0 Å². The molecular formula is C19H23N3O2. The molecule has 0 saturated heterocycles. The summed E-state index contributed by atoms with van der Waals surface area (Å²) >= 11 is 0. The summed E-state index contributed by atoms with van der Waals surface area (Å²) in [5, 5.41) is 8.71. The number of benzene rings is 2. The molecule has 0 aliphatic rings. The number of rotatable bonds is 5. The van der Waals surface area contributed by atoms with Gasteiger partial charge in [-0.3, -0.25) is 9.59 Å². The van der Waals surface area contributed by atoms with Crippen LogP contribution in [0.25, 0.3) is 0 Å². The number of amides is 2. The van der Waals surface area contributed by atoms with Gasteiger partial charge >= 0.3 is 0 Å². The van der Waals surface area contributed by atoms with Crippen LogP contribution in [-0.2, 0) is 9.59 Å². The van der Waals surface area contributed by atoms with Crippen molar-refractivity contribution in [1.82, 2.24) is 0 Å². The SMILES string of the molecule is CC(=O)Nc1cccc(NC(=O)CNc2c(C)cc(C)cc2C)c1. The van der Waals surface area contributed by atoms with Crippen LogP contribution in [0.3, 0.4) is 0 Å². The van der Waals surface area contributed by atoms with Crippen LogP contribution in [-0.4, -0.2) is 18.4 Å². The molecule has 0 aliphatic carbocycles. The van der Waals surface area contributed by atoms with E-state index >= 15 is 0 Å². The van der Waals surface area contributed by atoms with Crippen LogP contribution in [0, 0.1) is 20.8 Å². The van der Waals surface area contributed by atoms with Crippen LogP contribution in [0.15, 0.2) is 36.4 Å². The van der Waals surface area contributed by atoms with E-state index in [1.54, 1.807) is 24.3 Å². The lowest BCUT2D eigenvalue weighted by molar-refractivity contribution is -0.115. The van der Waals surface area contributed by atoms with E-state index in [0.29, 0.717) is 11.4 Å². The minimum atomic E-state index is -0.148. The first-order chi connectivity index (χ1) is 11.3. The zero-order valence-corrected chi connectivity index (χ0v) is 14.5. The van der Waals surface area contributed by atoms with Gasteiger partial charge in [0.15, 0.2) is 0 Å². The largest absolute Gasteiger partial charge is 0.376 e. The fourth-order valence-corrected chi connectivity index (χ4v) is 2.71. The Hall–Kier alpha value is -2.82. The molecule has 0 aliphatic heterocycles. The van der Waals surface area contributed by atoms with Crippen molar-refractivity contribution in [1.29, 1.82) is 0 Å². The second-order valence-corrected chi connectivity index (χ2v) is 5.94. The molecule has 0 saturated carbocycles. The smallest absolute Gasteiger partial charge is 0.243 e. The monoisotopic (exact) mass is 325 g/mol. The molecule has 0 spiro atoms. The van der Waals surface area contributed by atoms with Gasteiger partial charge in [0.25, 0.3) is 0 Å². The van der Waals surface area contributed by atoms with Crippen molar-refractivity contribution in [3.63, 3.8) is 0 Å². The number of hydrogen-bond acceptors (Lipinski definition) is 3. The Morgan fingerprint density at radius 3 is 2.08 bits per heavy atom. The van der Waals surface area contributed by atoms with Crippen molar-refractivity contribution >= 4 is 28.9 Å². The second-order valence-electron chi connectivity index (χ2n) is 5.94. The molecule has 24 heavy (non-hydrogen) atoms. The molecule has 0 bridgehead atoms. The Labute approximate surface area is 142 Å². The van der Waals surface area contributed by atoms with Crippen molar-refractivity contribution in [2.75, 3.05) is 22.5 Å². The van der Waals surface area contributed by atoms with Gasteiger partial charge in [0.2, 0.25) is 11.8 Å². The predicted molar refractivity (Wildman–Crippen MR) is 98.5 cm³/mol. The Morgan fingerprint density at radius 1 is 0.917 bits per heavy atom. The lowest BCUT2D eigenvalue weighted by Gasteiger charge is -2.14. The molecule has 3 N–H and O–H groups in total. The Kier molecular flexibility index (Phi) is 5.58. The summed E-state index contributed by atoms with van der Waals surface area (Å²) in [6.45, 7) is 7.73. The van der Waals surface area contributed by atoms with E-state index in [-0.39, 0.29) is 18.4 Å². The molecule has 0 heterocycles. The molecule has 0 radical (unpaired) electrons. The number of hydrogen-bond donors (Lipinski definition) is 3. The first kappa shape index (κ1) is 17.5. The van der Waals surface area contributed by atoms with Gasteiger partial charge in [-0.2, -0.15) is 0 Å². The molecule has 0 unspecified atom stereocenters. The summed E-state index contributed by atoms with van der Waals surface area (Å²) in [4.78, 5) is 23.2. The maximum absolute atomic E-state index is 12.1. The predicted octanol–water partition coefficient (Wildman–Crippen LogP) is 3.62. The quantitative estimate of drug-likeness (QED) is 0.786. The molecule has 0 aromatic heterocycles. The van der Waals surface area contributed by atoms with Gasteiger partial charge < -0.3 is 16.0 Å². The highest BCUT2D eigenvalue weighted by Crippen LogP contribution is 2.21. The van der Waals surface area contributed by atoms with Crippen LogP contribution < -0.4 is 16.0 Å². The van der Waals surface area contributed by atoms with Crippen molar-refractivity contribution in [2.45, 2.75) is 27.7 Å². The van der Waals surface area contributed by atoms with Crippen LogP contribution in [0.1, 0.15) is 23.6 Å². The minimum absolute atomic E-state index is 0.144. The van der Waals surface area contributed by atoms with Gasteiger partial charge in [-0.05, 0) is 50.1 Å². The molecular weight excluding hydrogens is 302 g/mol. The average Bonchev–Trinajstić information content (AvgIpc) is 2.45. The summed E-state index contributed by atoms with van der Waals surface area (Å²) in [6.07, 6.45) is 0. The molecule has 2 rings (SSSR count). The number of carbonyl (C=O) groups is 2. The maximum Gasteiger partial charge on any atom is 0.243 e. The minimum Gasteiger partial charge on any atom is -0.376 e. The fourth-order valence-electron chi connectivity index (χ4n) is 2.71. The zero-order chi connectivity index (χ0) is 17.7. The van der Waals surface area contributed by atoms with Crippen LogP contribution in [0.5, 0.6) is 0 Å². The Balaban J connectivity index is 1.98. The first-order valence-electron chi connectivity index (χ1n) is 7.84. The summed E-state index contributed by atoms with van der Waals surface area (Å²) in [6, 6.07) is 11.2. The third kappa shape index (κ3) is 4.84. The van der Waals surface area contributed by atoms with Gasteiger partial charge in [0, 0.05) is 24.0 Å². The molecule has 2 amide bonds. The summed E-state index contributed by atoms with van der Waals surface area (Å²) in [5.41, 5.74) is 5.72. The van der Waals surface area contributed by atoms with E-state index < -0.39 is 0 Å². The van der Waals surface area contributed by atoms with E-state index in [0.717, 1.165) is 16.8 Å². The molecule has 126 valence electrons. The highest BCUT2D eigenvalue weighted by Gasteiger charge is 2.07. The van der Waals surface area contributed by atoms with Crippen molar-refractivity contribution in [2.24, 2.45) is 0 Å². The van der Waals surface area contributed by atoms with Gasteiger partial charge in [-0.1, -0.05) is 23.8 Å². The van der Waals surface area contributed by atoms with Crippen molar-refractivity contribution in [3.05, 3.63) is 53.1 Å². The number of anilines is 3. The highest BCUT2D eigenvalue weighted by atomic mass is 16.2. The summed E-state index contributed by atoms with van der Waals surface area (Å²) in [7, 11) is 0. The summed E-state index contributed by atoms with van der Waals surface area (Å²) in [5.74, 6) is -0.292. The van der Waals surface area contributed by atoms with E-state index in [9.17, 15) is 9.59 Å². The van der Waals surface area contributed by atoms with Crippen LogP contribution >= 0.6 is 0 Å². The molecule has 5 heteroatoms. The maximum atomic E-state index is 12.1. The van der Waals surface area contributed by atoms with Gasteiger partial charge in [0.05, 0.1) is 6.54 Å². The first-order valence-corrected chi connectivity index (χ1v) is 7.84. The molecule has 0 fully saturated rings. The van der Waals surface area contributed by atoms with Crippen molar-refractivity contribution in [3.8, 4) is 0 Å². The Morgan fingerprint density at radius 2 is 1.50 bits per heavy atom. The molecule has 2 aromatic carbocycles. The zero-order valence-electron chi connectivity index (χ0n) is 14.5. The summed E-state index contributed by atoms with van der Waals surface area (Å²) < 4.78 is 0. The normalized spacial score (nSPS) is 10.2. The number of aryl methyl sites for hydroxylation is 3. The fraction of sp³-hybridized carbons (Fsp3) is 0.263. The Bertz CT molecular complexity index is 746. The third-order valence-electron chi connectivity index (χ3n) is 3.57. The highest BCUT2D eigenvalue weighted by molar-refractivity contribution is 5.95. The van der Waals surface area contributed by atoms with Crippen molar-refractivity contribution < 1.29 is 9.59 Å². The van der Waals surface area contributed by atoms with Gasteiger partial charge in [-0.15, -0.1) is 0 Å². The standard InChI is InChI=1S/C19H23N3O2/c1-12-8-13(2)19(14(3)9-12)20-11-18(24)22-17-7-5-6-16(10-17)21-15(4)23/h5-10,20H,11H2,1-4H3,(H,21,23)(H,22,24). The molecule has 2 aromatic rings. The van der Waals surface area contributed by atoms with Crippen LogP contribution in [0.2, 0.25) is 0 Å². The second kappa shape index (κ2) is 7.64. The van der Waals surface area contributed by atoms with E-state index in [4.69, 9.17) is 0 Å². The van der Waals surface area contributed by atoms with Crippen LogP contribution in [0.4, 0.5) is 17.1 Å². The lowest BCUT2D eigenvalue weighted by Crippen LogP contribution is -2.22. The lowest BCUT2D eigenvalue weighted by atomic mass is 10.1. The van der Waals surface area contributed by atoms with E-state index in [1.165, 1.54) is 12.5 Å². The van der Waals surface area contributed by atoms with Gasteiger partial charge in [-0.25, -0.2) is 0 Å². The topological polar surface area (TPSA) is 70.2 Å². The van der Waals surface area contributed by atoms with Gasteiger partial charge in [0.1, 0.15) is 0 Å². The molecule has 5 nitrogen and oxygen atoms in total.